The van der Waals surface area contributed by atoms with Crippen molar-refractivity contribution in [2.75, 3.05) is 17.6 Å². The quantitative estimate of drug-likeness (QED) is 0.538. The molecule has 0 unspecified atom stereocenters. The number of thioether (sulfide) groups is 1. The molecule has 0 saturated heterocycles. The SMILES string of the molecule is N#Cc1cnc2cnccc2c1NCCCSc1ccc(F)cc1. The van der Waals surface area contributed by atoms with Crippen LogP contribution in [0.15, 0.2) is 53.8 Å². The molecule has 1 aromatic carbocycles. The molecule has 120 valence electrons. The van der Waals surface area contributed by atoms with E-state index in [4.69, 9.17) is 0 Å². The van der Waals surface area contributed by atoms with Gasteiger partial charge in [-0.05, 0) is 42.5 Å². The molecule has 24 heavy (non-hydrogen) atoms. The first-order valence-corrected chi connectivity index (χ1v) is 8.51. The number of hydrogen-bond donors (Lipinski definition) is 1. The molecular formula is C18H15FN4S. The zero-order valence-electron chi connectivity index (χ0n) is 12.9. The molecule has 0 atom stereocenters. The van der Waals surface area contributed by atoms with Gasteiger partial charge in [-0.15, -0.1) is 11.8 Å². The van der Waals surface area contributed by atoms with Crippen molar-refractivity contribution in [2.45, 2.75) is 11.3 Å². The van der Waals surface area contributed by atoms with Crippen LogP contribution in [-0.4, -0.2) is 22.3 Å². The summed E-state index contributed by atoms with van der Waals surface area (Å²) in [5, 5.41) is 13.5. The Kier molecular flexibility index (Phi) is 5.24. The van der Waals surface area contributed by atoms with Crippen LogP contribution < -0.4 is 5.32 Å². The van der Waals surface area contributed by atoms with Gasteiger partial charge in [-0.25, -0.2) is 4.39 Å². The van der Waals surface area contributed by atoms with Gasteiger partial charge in [0.1, 0.15) is 11.9 Å². The average molecular weight is 338 g/mol. The third kappa shape index (κ3) is 3.81. The molecule has 0 bridgehead atoms. The van der Waals surface area contributed by atoms with Gasteiger partial charge < -0.3 is 5.32 Å². The van der Waals surface area contributed by atoms with Crippen LogP contribution in [-0.2, 0) is 0 Å². The van der Waals surface area contributed by atoms with Crippen LogP contribution in [0.25, 0.3) is 10.9 Å². The lowest BCUT2D eigenvalue weighted by molar-refractivity contribution is 0.626. The van der Waals surface area contributed by atoms with Crippen molar-refractivity contribution in [3.05, 3.63) is 60.3 Å². The van der Waals surface area contributed by atoms with Gasteiger partial charge in [0.25, 0.3) is 0 Å². The zero-order chi connectivity index (χ0) is 16.8. The number of anilines is 1. The van der Waals surface area contributed by atoms with Crippen LogP contribution in [0.3, 0.4) is 0 Å². The maximum absolute atomic E-state index is 12.9. The summed E-state index contributed by atoms with van der Waals surface area (Å²) in [5.41, 5.74) is 2.09. The predicted molar refractivity (Wildman–Crippen MR) is 94.5 cm³/mol. The molecule has 0 spiro atoms. The summed E-state index contributed by atoms with van der Waals surface area (Å²) in [6.07, 6.45) is 5.87. The van der Waals surface area contributed by atoms with Gasteiger partial charge in [0, 0.05) is 29.2 Å². The van der Waals surface area contributed by atoms with Crippen LogP contribution in [0.2, 0.25) is 0 Å². The lowest BCUT2D eigenvalue weighted by Gasteiger charge is -2.11. The van der Waals surface area contributed by atoms with Crippen molar-refractivity contribution in [3.8, 4) is 6.07 Å². The summed E-state index contributed by atoms with van der Waals surface area (Å²) in [4.78, 5) is 9.35. The normalized spacial score (nSPS) is 10.5. The molecule has 1 N–H and O–H groups in total. The van der Waals surface area contributed by atoms with Crippen molar-refractivity contribution >= 4 is 28.4 Å². The second-order valence-electron chi connectivity index (χ2n) is 5.13. The minimum atomic E-state index is -0.218. The second kappa shape index (κ2) is 7.75. The minimum absolute atomic E-state index is 0.218. The number of nitrogens with zero attached hydrogens (tertiary/aromatic N) is 3. The van der Waals surface area contributed by atoms with Gasteiger partial charge in [0.05, 0.1) is 23.0 Å². The molecule has 0 saturated carbocycles. The lowest BCUT2D eigenvalue weighted by atomic mass is 10.1. The summed E-state index contributed by atoms with van der Waals surface area (Å²) in [7, 11) is 0. The van der Waals surface area contributed by atoms with Crippen molar-refractivity contribution in [3.63, 3.8) is 0 Å². The largest absolute Gasteiger partial charge is 0.383 e. The van der Waals surface area contributed by atoms with Crippen LogP contribution >= 0.6 is 11.8 Å². The highest BCUT2D eigenvalue weighted by molar-refractivity contribution is 7.99. The molecule has 6 heteroatoms. The van der Waals surface area contributed by atoms with Gasteiger partial charge in [0.15, 0.2) is 0 Å². The van der Waals surface area contributed by atoms with E-state index in [9.17, 15) is 9.65 Å². The summed E-state index contributed by atoms with van der Waals surface area (Å²) in [5.74, 6) is 0.689. The Hall–Kier alpha value is -2.65. The van der Waals surface area contributed by atoms with Crippen LogP contribution in [0.5, 0.6) is 0 Å². The number of hydrogen-bond acceptors (Lipinski definition) is 5. The van der Waals surface area contributed by atoms with Crippen molar-refractivity contribution in [1.82, 2.24) is 9.97 Å². The summed E-state index contributed by atoms with van der Waals surface area (Å²) < 4.78 is 12.9. The molecule has 3 aromatic rings. The van der Waals surface area contributed by atoms with Crippen LogP contribution in [0.1, 0.15) is 12.0 Å². The maximum atomic E-state index is 12.9. The lowest BCUT2D eigenvalue weighted by Crippen LogP contribution is -2.05. The van der Waals surface area contributed by atoms with Crippen molar-refractivity contribution in [1.29, 1.82) is 5.26 Å². The number of nitrogens with one attached hydrogen (secondary N) is 1. The molecule has 0 fully saturated rings. The Morgan fingerprint density at radius 1 is 1.17 bits per heavy atom. The number of nitriles is 1. The number of aromatic nitrogens is 2. The van der Waals surface area contributed by atoms with E-state index in [1.54, 1.807) is 42.5 Å². The Labute approximate surface area is 143 Å². The Morgan fingerprint density at radius 3 is 2.79 bits per heavy atom. The molecule has 0 aliphatic rings. The molecular weight excluding hydrogens is 323 g/mol. The molecule has 0 amide bonds. The smallest absolute Gasteiger partial charge is 0.123 e. The summed E-state index contributed by atoms with van der Waals surface area (Å²) >= 11 is 1.68. The van der Waals surface area contributed by atoms with Gasteiger partial charge in [0.2, 0.25) is 0 Å². The third-order valence-electron chi connectivity index (χ3n) is 3.50. The summed E-state index contributed by atoms with van der Waals surface area (Å²) in [6, 6.07) is 10.5. The highest BCUT2D eigenvalue weighted by Gasteiger charge is 2.08. The highest BCUT2D eigenvalue weighted by Crippen LogP contribution is 2.25. The molecule has 2 heterocycles. The van der Waals surface area contributed by atoms with Gasteiger partial charge in [-0.2, -0.15) is 5.26 Å². The van der Waals surface area contributed by atoms with Gasteiger partial charge >= 0.3 is 0 Å². The van der Waals surface area contributed by atoms with E-state index in [0.29, 0.717) is 5.56 Å². The first-order valence-electron chi connectivity index (χ1n) is 7.53. The van der Waals surface area contributed by atoms with Crippen LogP contribution in [0, 0.1) is 17.1 Å². The number of fused-ring (bicyclic) bond motifs is 1. The van der Waals surface area contributed by atoms with E-state index < -0.39 is 0 Å². The third-order valence-corrected chi connectivity index (χ3v) is 4.60. The van der Waals surface area contributed by atoms with Gasteiger partial charge in [-0.3, -0.25) is 9.97 Å². The topological polar surface area (TPSA) is 61.6 Å². The standard InChI is InChI=1S/C18H15FN4S/c19-14-2-4-15(5-3-14)24-9-1-7-22-18-13(10-20)11-23-17-12-21-8-6-16(17)18/h2-6,8,11-12H,1,7,9H2,(H,22,23). The fourth-order valence-electron chi connectivity index (χ4n) is 2.33. The van der Waals surface area contributed by atoms with E-state index in [0.717, 1.165) is 40.2 Å². The number of rotatable bonds is 6. The highest BCUT2D eigenvalue weighted by atomic mass is 32.2. The van der Waals surface area contributed by atoms with Crippen LogP contribution in [0.4, 0.5) is 10.1 Å². The molecule has 0 aliphatic heterocycles. The fraction of sp³-hybridized carbons (Fsp3) is 0.167. The second-order valence-corrected chi connectivity index (χ2v) is 6.30. The number of halogens is 1. The van der Waals surface area contributed by atoms with E-state index in [1.807, 2.05) is 6.07 Å². The zero-order valence-corrected chi connectivity index (χ0v) is 13.7. The Morgan fingerprint density at radius 2 is 2.00 bits per heavy atom. The minimum Gasteiger partial charge on any atom is -0.383 e. The molecule has 0 radical (unpaired) electrons. The first kappa shape index (κ1) is 16.2. The monoisotopic (exact) mass is 338 g/mol. The molecule has 3 rings (SSSR count). The maximum Gasteiger partial charge on any atom is 0.123 e. The predicted octanol–water partition coefficient (Wildman–Crippen LogP) is 4.23. The molecule has 4 nitrogen and oxygen atoms in total. The summed E-state index contributed by atoms with van der Waals surface area (Å²) in [6.45, 7) is 0.740. The fourth-order valence-corrected chi connectivity index (χ4v) is 3.18. The van der Waals surface area contributed by atoms with Gasteiger partial charge in [-0.1, -0.05) is 0 Å². The van der Waals surface area contributed by atoms with Crippen molar-refractivity contribution < 1.29 is 4.39 Å². The molecule has 0 aliphatic carbocycles. The number of benzene rings is 1. The van der Waals surface area contributed by atoms with E-state index in [1.165, 1.54) is 12.1 Å². The number of pyridine rings is 2. The average Bonchev–Trinajstić information content (AvgIpc) is 2.63. The van der Waals surface area contributed by atoms with Crippen molar-refractivity contribution in [2.24, 2.45) is 0 Å². The van der Waals surface area contributed by atoms with E-state index in [-0.39, 0.29) is 5.82 Å². The van der Waals surface area contributed by atoms with E-state index >= 15 is 0 Å². The molecule has 2 aromatic heterocycles. The Bertz CT molecular complexity index is 874. The van der Waals surface area contributed by atoms with E-state index in [2.05, 4.69) is 21.4 Å². The Balaban J connectivity index is 1.59. The first-order chi connectivity index (χ1) is 11.8.